The normalized spacial score (nSPS) is 14.1. The average molecular weight is 353 g/mol. The van der Waals surface area contributed by atoms with Gasteiger partial charge in [-0.05, 0) is 17.9 Å². The molecular weight excluding hydrogens is 324 g/mol. The zero-order valence-electron chi connectivity index (χ0n) is 14.9. The predicted molar refractivity (Wildman–Crippen MR) is 89.7 cm³/mol. The lowest BCUT2D eigenvalue weighted by Gasteiger charge is -2.27. The second-order valence-corrected chi connectivity index (χ2v) is 7.53. The Labute approximate surface area is 142 Å². The summed E-state index contributed by atoms with van der Waals surface area (Å²) in [6.45, 7) is 10.9. The van der Waals surface area contributed by atoms with Crippen LogP contribution in [0, 0.1) is 10.8 Å². The minimum atomic E-state index is -1.05. The fourth-order valence-corrected chi connectivity index (χ4v) is 1.85. The van der Waals surface area contributed by atoms with Gasteiger partial charge in [0.1, 0.15) is 18.0 Å². The first-order valence-electron chi connectivity index (χ1n) is 7.16. The Morgan fingerprint density at radius 3 is 1.39 bits per heavy atom. The van der Waals surface area contributed by atoms with Crippen molar-refractivity contribution in [2.45, 2.75) is 53.6 Å². The van der Waals surface area contributed by atoms with E-state index >= 15 is 0 Å². The molecule has 0 heterocycles. The summed E-state index contributed by atoms with van der Waals surface area (Å²) in [7, 11) is 1.66. The molecule has 0 radical (unpaired) electrons. The molecule has 4 N–H and O–H groups in total. The Morgan fingerprint density at radius 1 is 0.913 bits per heavy atom. The number of halogens is 1. The average Bonchev–Trinajstić information content (AvgIpc) is 2.32. The SMILES string of the molecule is CC(C)(C)[C@H](NC(=O)CCl)C(=O)O.CN[C@H](C(=O)O)C(C)(C)C. The molecule has 0 rings (SSSR count). The molecule has 136 valence electrons. The predicted octanol–water partition coefficient (Wildman–Crippen LogP) is 1.55. The molecule has 0 spiro atoms. The van der Waals surface area contributed by atoms with Crippen molar-refractivity contribution in [3.05, 3.63) is 0 Å². The van der Waals surface area contributed by atoms with Crippen LogP contribution < -0.4 is 10.6 Å². The topological polar surface area (TPSA) is 116 Å². The molecule has 0 aromatic heterocycles. The fraction of sp³-hybridized carbons (Fsp3) is 0.800. The van der Waals surface area contributed by atoms with Gasteiger partial charge in [-0.3, -0.25) is 9.59 Å². The van der Waals surface area contributed by atoms with E-state index in [9.17, 15) is 14.4 Å². The van der Waals surface area contributed by atoms with Gasteiger partial charge in [0.05, 0.1) is 0 Å². The smallest absolute Gasteiger partial charge is 0.326 e. The third-order valence-electron chi connectivity index (χ3n) is 2.94. The van der Waals surface area contributed by atoms with Crippen molar-refractivity contribution in [1.82, 2.24) is 10.6 Å². The molecule has 2 atom stereocenters. The second-order valence-electron chi connectivity index (χ2n) is 7.26. The highest BCUT2D eigenvalue weighted by Crippen LogP contribution is 2.19. The van der Waals surface area contributed by atoms with Gasteiger partial charge >= 0.3 is 11.9 Å². The standard InChI is InChI=1S/C8H14ClNO3.C7H15NO2/c1-8(2,3)6(7(12)13)10-5(11)4-9;1-7(2,3)5(8-4)6(9)10/h6H,4H2,1-3H3,(H,10,11)(H,12,13);5,8H,1-4H3,(H,9,10)/t6-;5-/m11/s1. The Bertz CT molecular complexity index is 413. The highest BCUT2D eigenvalue weighted by atomic mass is 35.5. The molecule has 23 heavy (non-hydrogen) atoms. The highest BCUT2D eigenvalue weighted by Gasteiger charge is 2.32. The van der Waals surface area contributed by atoms with Crippen LogP contribution in [0.5, 0.6) is 0 Å². The van der Waals surface area contributed by atoms with Crippen LogP contribution in [0.2, 0.25) is 0 Å². The zero-order chi connectivity index (χ0) is 19.0. The maximum absolute atomic E-state index is 10.9. The quantitative estimate of drug-likeness (QED) is 0.558. The van der Waals surface area contributed by atoms with E-state index in [1.165, 1.54) is 0 Å². The molecule has 0 fully saturated rings. The number of aliphatic carboxylic acids is 2. The Kier molecular flexibility index (Phi) is 10.1. The zero-order valence-corrected chi connectivity index (χ0v) is 15.6. The van der Waals surface area contributed by atoms with Gasteiger partial charge in [0.25, 0.3) is 0 Å². The number of hydrogen-bond donors (Lipinski definition) is 4. The number of carbonyl (C=O) groups excluding carboxylic acids is 1. The molecule has 0 aliphatic rings. The first-order chi connectivity index (χ1) is 10.2. The van der Waals surface area contributed by atoms with Crippen LogP contribution in [0.25, 0.3) is 0 Å². The largest absolute Gasteiger partial charge is 0.480 e. The van der Waals surface area contributed by atoms with Crippen molar-refractivity contribution in [3.8, 4) is 0 Å². The number of rotatable bonds is 5. The molecule has 0 aromatic carbocycles. The Balaban J connectivity index is 0. The third-order valence-corrected chi connectivity index (χ3v) is 3.18. The summed E-state index contributed by atoms with van der Waals surface area (Å²) in [6.07, 6.45) is 0. The van der Waals surface area contributed by atoms with Crippen LogP contribution >= 0.6 is 11.6 Å². The van der Waals surface area contributed by atoms with E-state index in [0.29, 0.717) is 0 Å². The summed E-state index contributed by atoms with van der Waals surface area (Å²) < 4.78 is 0. The maximum atomic E-state index is 10.9. The number of carboxylic acid groups (broad SMARTS) is 2. The molecule has 1 amide bonds. The van der Waals surface area contributed by atoms with Crippen molar-refractivity contribution >= 4 is 29.4 Å². The number of likely N-dealkylation sites (N-methyl/N-ethyl adjacent to an activating group) is 1. The molecular formula is C15H29ClN2O5. The highest BCUT2D eigenvalue weighted by molar-refractivity contribution is 6.27. The van der Waals surface area contributed by atoms with Crippen LogP contribution in [0.15, 0.2) is 0 Å². The molecule has 0 bridgehead atoms. The molecule has 0 aliphatic heterocycles. The number of alkyl halides is 1. The summed E-state index contributed by atoms with van der Waals surface area (Å²) in [5.74, 6) is -2.54. The molecule has 7 nitrogen and oxygen atoms in total. The van der Waals surface area contributed by atoms with E-state index in [2.05, 4.69) is 10.6 Å². The molecule has 0 saturated heterocycles. The Hall–Kier alpha value is -1.34. The van der Waals surface area contributed by atoms with Crippen LogP contribution in [0.3, 0.4) is 0 Å². The van der Waals surface area contributed by atoms with Gasteiger partial charge in [0.2, 0.25) is 5.91 Å². The summed E-state index contributed by atoms with van der Waals surface area (Å²) in [5, 5.41) is 22.5. The molecule has 8 heteroatoms. The van der Waals surface area contributed by atoms with Crippen LogP contribution in [-0.2, 0) is 14.4 Å². The summed E-state index contributed by atoms with van der Waals surface area (Å²) in [5.41, 5.74) is -0.742. The van der Waals surface area contributed by atoms with E-state index in [1.807, 2.05) is 20.8 Å². The van der Waals surface area contributed by atoms with E-state index in [-0.39, 0.29) is 11.3 Å². The summed E-state index contributed by atoms with van der Waals surface area (Å²) in [4.78, 5) is 32.1. The number of carboxylic acids is 2. The summed E-state index contributed by atoms with van der Waals surface area (Å²) in [6, 6.07) is -1.37. The van der Waals surface area contributed by atoms with Crippen LogP contribution in [-0.4, -0.2) is 53.1 Å². The minimum absolute atomic E-state index is 0.222. The number of hydrogen-bond acceptors (Lipinski definition) is 4. The number of amides is 1. The number of nitrogens with one attached hydrogen (secondary N) is 2. The minimum Gasteiger partial charge on any atom is -0.480 e. The van der Waals surface area contributed by atoms with Gasteiger partial charge in [-0.2, -0.15) is 0 Å². The van der Waals surface area contributed by atoms with E-state index in [4.69, 9.17) is 21.8 Å². The van der Waals surface area contributed by atoms with E-state index in [0.717, 1.165) is 0 Å². The molecule has 0 aromatic rings. The fourth-order valence-electron chi connectivity index (χ4n) is 1.78. The molecule has 0 saturated carbocycles. The van der Waals surface area contributed by atoms with Crippen LogP contribution in [0.1, 0.15) is 41.5 Å². The van der Waals surface area contributed by atoms with E-state index in [1.54, 1.807) is 27.8 Å². The monoisotopic (exact) mass is 352 g/mol. The first kappa shape index (κ1) is 23.9. The number of carbonyl (C=O) groups is 3. The van der Waals surface area contributed by atoms with Gasteiger partial charge in [-0.25, -0.2) is 4.79 Å². The lowest BCUT2D eigenvalue weighted by Crippen LogP contribution is -2.49. The van der Waals surface area contributed by atoms with Crippen molar-refractivity contribution in [1.29, 1.82) is 0 Å². The molecule has 0 unspecified atom stereocenters. The third kappa shape index (κ3) is 10.1. The van der Waals surface area contributed by atoms with E-state index < -0.39 is 35.3 Å². The van der Waals surface area contributed by atoms with Gasteiger partial charge in [0.15, 0.2) is 0 Å². The second kappa shape index (κ2) is 9.72. The molecule has 0 aliphatic carbocycles. The van der Waals surface area contributed by atoms with Gasteiger partial charge in [-0.1, -0.05) is 41.5 Å². The van der Waals surface area contributed by atoms with Gasteiger partial charge < -0.3 is 20.8 Å². The van der Waals surface area contributed by atoms with Crippen molar-refractivity contribution in [3.63, 3.8) is 0 Å². The first-order valence-corrected chi connectivity index (χ1v) is 7.70. The van der Waals surface area contributed by atoms with Crippen molar-refractivity contribution < 1.29 is 24.6 Å². The van der Waals surface area contributed by atoms with Crippen molar-refractivity contribution in [2.24, 2.45) is 10.8 Å². The van der Waals surface area contributed by atoms with Gasteiger partial charge in [-0.15, -0.1) is 11.6 Å². The summed E-state index contributed by atoms with van der Waals surface area (Å²) >= 11 is 5.25. The van der Waals surface area contributed by atoms with Crippen molar-refractivity contribution in [2.75, 3.05) is 12.9 Å². The van der Waals surface area contributed by atoms with Gasteiger partial charge in [0, 0.05) is 0 Å². The Morgan fingerprint density at radius 2 is 1.26 bits per heavy atom. The lowest BCUT2D eigenvalue weighted by molar-refractivity contribution is -0.144. The lowest BCUT2D eigenvalue weighted by atomic mass is 9.87. The maximum Gasteiger partial charge on any atom is 0.326 e. The van der Waals surface area contributed by atoms with Crippen LogP contribution in [0.4, 0.5) is 0 Å².